The van der Waals surface area contributed by atoms with E-state index in [-0.39, 0.29) is 116 Å². The third-order valence-corrected chi connectivity index (χ3v) is 7.43. The molecule has 247 valence electrons. The molecule has 1 N–H and O–H groups in total. The number of para-hydroxylation sites is 2. The maximum atomic E-state index is 12.5. The first-order valence-electron chi connectivity index (χ1n) is 14.4. The zero-order valence-electron chi connectivity index (χ0n) is 28.5. The smallest absolute Gasteiger partial charge is 0.871 e. The van der Waals surface area contributed by atoms with Gasteiger partial charge in [0.2, 0.25) is 0 Å². The van der Waals surface area contributed by atoms with E-state index in [1.807, 2.05) is 36.4 Å². The number of halogens is 2. The summed E-state index contributed by atoms with van der Waals surface area (Å²) in [5.74, 6) is -0.933. The quantitative estimate of drug-likeness (QED) is 0.200. The number of aromatic amines is 1. The molecule has 2 heterocycles. The molecule has 6 aromatic rings. The maximum absolute atomic E-state index is 12.5. The summed E-state index contributed by atoms with van der Waals surface area (Å²) in [6.07, 6.45) is 0. The molecule has 2 aromatic heterocycles. The summed E-state index contributed by atoms with van der Waals surface area (Å²) in [7, 11) is 0. The van der Waals surface area contributed by atoms with E-state index in [1.165, 1.54) is 21.5 Å². The Hall–Kier alpha value is -3.19. The first-order valence-corrected chi connectivity index (χ1v) is 15.2. The second-order valence-electron chi connectivity index (χ2n) is 10.6. The van der Waals surface area contributed by atoms with Crippen LogP contribution in [0, 0.1) is 27.7 Å². The number of rotatable bonds is 6. The Morgan fingerprint density at radius 3 is 1.61 bits per heavy atom. The monoisotopic (exact) mass is 779 g/mol. The van der Waals surface area contributed by atoms with E-state index in [1.54, 1.807) is 64.1 Å². The van der Waals surface area contributed by atoms with Crippen molar-refractivity contribution in [2.75, 3.05) is 0 Å². The van der Waals surface area contributed by atoms with Crippen molar-refractivity contribution in [3.05, 3.63) is 128 Å². The van der Waals surface area contributed by atoms with E-state index < -0.39 is 5.88 Å². The molecule has 0 aliphatic heterocycles. The molecule has 12 nitrogen and oxygen atoms in total. The van der Waals surface area contributed by atoms with Gasteiger partial charge in [-0.3, -0.25) is 9.89 Å². The van der Waals surface area contributed by atoms with Crippen LogP contribution >= 0.6 is 23.2 Å². The minimum atomic E-state index is -0.395. The molecule has 0 bridgehead atoms. The molecule has 0 saturated heterocycles. The van der Waals surface area contributed by atoms with Gasteiger partial charge < -0.3 is 15.3 Å². The van der Waals surface area contributed by atoms with Crippen molar-refractivity contribution in [3.8, 4) is 28.8 Å². The fourth-order valence-corrected chi connectivity index (χ4v) is 5.09. The van der Waals surface area contributed by atoms with Crippen molar-refractivity contribution in [1.29, 1.82) is 0 Å². The third kappa shape index (κ3) is 10.5. The molecule has 0 fully saturated rings. The standard InChI is InChI=1S/2C17H15ClN4O2.Cr.2Na/c2*1-10-8-12(18)9-14(16(10)23)19-20-15-11(2)21-22(17(15)24)13-6-4-3-5-7-13;;;/h3-9,23-24H,1-2H3;3-9,21,23H,1-2H3;;;/q;;+3;2*+1/p-3. The van der Waals surface area contributed by atoms with Gasteiger partial charge in [0.1, 0.15) is 5.69 Å². The van der Waals surface area contributed by atoms with Crippen molar-refractivity contribution in [1.82, 2.24) is 19.6 Å². The van der Waals surface area contributed by atoms with E-state index >= 15 is 0 Å². The number of hydrogen-bond donors (Lipinski definition) is 1. The molecular formula is C34H27Cl2CrN8Na2O4+2. The minimum absolute atomic E-state index is 0. The molecule has 0 spiro atoms. The van der Waals surface area contributed by atoms with Crippen molar-refractivity contribution in [2.24, 2.45) is 20.5 Å². The zero-order chi connectivity index (χ0) is 34.5. The van der Waals surface area contributed by atoms with Gasteiger partial charge in [-0.05, 0) is 76.2 Å². The normalized spacial score (nSPS) is 10.6. The van der Waals surface area contributed by atoms with E-state index in [0.717, 1.165) is 0 Å². The summed E-state index contributed by atoms with van der Waals surface area (Å²) >= 11 is 11.9. The van der Waals surface area contributed by atoms with E-state index in [4.69, 9.17) is 23.2 Å². The topological polar surface area (TPSA) is 174 Å². The molecular weight excluding hydrogens is 753 g/mol. The average molecular weight is 781 g/mol. The van der Waals surface area contributed by atoms with Crippen molar-refractivity contribution in [3.63, 3.8) is 0 Å². The van der Waals surface area contributed by atoms with Crippen LogP contribution < -0.4 is 80.0 Å². The van der Waals surface area contributed by atoms with E-state index in [0.29, 0.717) is 43.9 Å². The van der Waals surface area contributed by atoms with Gasteiger partial charge in [0.05, 0.1) is 34.1 Å². The van der Waals surface area contributed by atoms with Crippen molar-refractivity contribution in [2.45, 2.75) is 27.7 Å². The summed E-state index contributed by atoms with van der Waals surface area (Å²) in [5, 5.41) is 60.2. The second kappa shape index (κ2) is 19.6. The number of benzene rings is 4. The molecule has 17 heteroatoms. The molecule has 0 atom stereocenters. The van der Waals surface area contributed by atoms with Crippen LogP contribution in [0.5, 0.6) is 17.4 Å². The summed E-state index contributed by atoms with van der Waals surface area (Å²) in [6.45, 7) is 6.68. The van der Waals surface area contributed by atoms with Crippen LogP contribution in [-0.4, -0.2) is 19.6 Å². The van der Waals surface area contributed by atoms with Crippen molar-refractivity contribution < 1.29 is 91.8 Å². The van der Waals surface area contributed by atoms with Gasteiger partial charge in [-0.25, -0.2) is 9.36 Å². The molecule has 0 amide bonds. The Bertz CT molecular complexity index is 2230. The number of nitrogens with one attached hydrogen (secondary N) is 1. The van der Waals surface area contributed by atoms with Crippen LogP contribution in [0.1, 0.15) is 22.5 Å². The Labute approximate surface area is 358 Å². The number of hydrogen-bond acceptors (Lipinski definition) is 9. The zero-order valence-corrected chi connectivity index (χ0v) is 35.3. The van der Waals surface area contributed by atoms with Crippen LogP contribution in [0.2, 0.25) is 10.0 Å². The van der Waals surface area contributed by atoms with Crippen LogP contribution in [0.15, 0.2) is 110 Å². The second-order valence-corrected chi connectivity index (χ2v) is 11.5. The molecule has 0 aliphatic carbocycles. The minimum Gasteiger partial charge on any atom is -0.871 e. The summed E-state index contributed by atoms with van der Waals surface area (Å²) in [5.41, 5.74) is 3.35. The Morgan fingerprint density at radius 1 is 0.667 bits per heavy atom. The predicted octanol–water partition coefficient (Wildman–Crippen LogP) is 1.64. The molecule has 51 heavy (non-hydrogen) atoms. The Morgan fingerprint density at radius 2 is 1.12 bits per heavy atom. The molecule has 0 saturated carbocycles. The fourth-order valence-electron chi connectivity index (χ4n) is 4.55. The van der Waals surface area contributed by atoms with Gasteiger partial charge in [-0.15, -0.1) is 10.2 Å². The number of H-pyrrole nitrogens is 1. The fraction of sp³-hybridized carbons (Fsp3) is 0.118. The predicted molar refractivity (Wildman–Crippen MR) is 178 cm³/mol. The van der Waals surface area contributed by atoms with Crippen LogP contribution in [0.4, 0.5) is 22.7 Å². The van der Waals surface area contributed by atoms with Gasteiger partial charge in [0.15, 0.2) is 5.69 Å². The molecule has 6 rings (SSSR count). The van der Waals surface area contributed by atoms with Crippen molar-refractivity contribution >= 4 is 46.0 Å². The number of azo groups is 2. The van der Waals surface area contributed by atoms with Crippen LogP contribution in [0.25, 0.3) is 11.4 Å². The molecule has 4 aromatic carbocycles. The van der Waals surface area contributed by atoms with E-state index in [2.05, 4.69) is 30.7 Å². The Kier molecular flexibility index (Phi) is 16.9. The summed E-state index contributed by atoms with van der Waals surface area (Å²) in [6, 6.07) is 24.1. The van der Waals surface area contributed by atoms with Gasteiger partial charge in [0, 0.05) is 15.9 Å². The third-order valence-electron chi connectivity index (χ3n) is 7.00. The Balaban J connectivity index is 0.000000334. The van der Waals surface area contributed by atoms with Gasteiger partial charge >= 0.3 is 76.5 Å². The SMILES string of the molecule is Cc1cc(Cl)cc(N=Nc2c(C)[nH]n(-c3ccccc3)c2=O)c1[O-].Cc1cc(Cl)cc(N=Nc2c(C)nn(-c3ccccc3)c2[O-])c1[O-].[Cr+3].[Na+].[Na+]. The molecule has 1 radical (unpaired) electrons. The average Bonchev–Trinajstić information content (AvgIpc) is 3.52. The number of nitrogens with zero attached hydrogens (tertiary/aromatic N) is 7. The van der Waals surface area contributed by atoms with Gasteiger partial charge in [-0.1, -0.05) is 82.2 Å². The summed E-state index contributed by atoms with van der Waals surface area (Å²) < 4.78 is 2.63. The van der Waals surface area contributed by atoms with Gasteiger partial charge in [-0.2, -0.15) is 15.3 Å². The maximum Gasteiger partial charge on any atom is 3.00 e. The number of aromatic nitrogens is 4. The molecule has 0 aliphatic rings. The van der Waals surface area contributed by atoms with Crippen LogP contribution in [0.3, 0.4) is 0 Å². The van der Waals surface area contributed by atoms with Crippen LogP contribution in [-0.2, 0) is 17.4 Å². The first kappa shape index (κ1) is 44.0. The summed E-state index contributed by atoms with van der Waals surface area (Å²) in [4.78, 5) is 12.5. The van der Waals surface area contributed by atoms with Gasteiger partial charge in [0.25, 0.3) is 5.56 Å². The van der Waals surface area contributed by atoms with E-state index in [9.17, 15) is 20.1 Å². The first-order chi connectivity index (χ1) is 22.9. The molecule has 0 unspecified atom stereocenters. The largest absolute Gasteiger partial charge is 3.00 e. The number of aryl methyl sites for hydroxylation is 4.